The van der Waals surface area contributed by atoms with Gasteiger partial charge in [-0.25, -0.2) is 18.1 Å². The summed E-state index contributed by atoms with van der Waals surface area (Å²) in [4.78, 5) is 4.37. The van der Waals surface area contributed by atoms with Gasteiger partial charge in [0.15, 0.2) is 0 Å². The van der Waals surface area contributed by atoms with Crippen molar-refractivity contribution < 1.29 is 12.8 Å². The molecule has 0 bridgehead atoms. The van der Waals surface area contributed by atoms with E-state index in [9.17, 15) is 8.42 Å². The van der Waals surface area contributed by atoms with Crippen LogP contribution in [0.15, 0.2) is 33.6 Å². The van der Waals surface area contributed by atoms with Crippen molar-refractivity contribution in [2.45, 2.75) is 31.8 Å². The standard InChI is InChI=1S/C14H19N3O3S/c1-10-11(2)20-14(17-10)9-16-21(18,19)13-6-4-12(5-7-13)8-15-3/h4-7,15-16H,8-9H2,1-3H3. The third kappa shape index (κ3) is 3.90. The van der Waals surface area contributed by atoms with Crippen LogP contribution < -0.4 is 10.0 Å². The van der Waals surface area contributed by atoms with Crippen LogP contribution in [-0.2, 0) is 23.1 Å². The smallest absolute Gasteiger partial charge is 0.241 e. The van der Waals surface area contributed by atoms with Gasteiger partial charge in [0.1, 0.15) is 5.76 Å². The second kappa shape index (κ2) is 6.38. The van der Waals surface area contributed by atoms with E-state index in [1.54, 1.807) is 31.2 Å². The summed E-state index contributed by atoms with van der Waals surface area (Å²) in [7, 11) is -1.72. The minimum atomic E-state index is -3.56. The van der Waals surface area contributed by atoms with E-state index in [1.165, 1.54) is 0 Å². The van der Waals surface area contributed by atoms with Crippen molar-refractivity contribution in [3.63, 3.8) is 0 Å². The molecule has 0 saturated heterocycles. The second-order valence-corrected chi connectivity index (χ2v) is 6.51. The molecule has 0 atom stereocenters. The summed E-state index contributed by atoms with van der Waals surface area (Å²) in [5.41, 5.74) is 1.79. The Labute approximate surface area is 124 Å². The number of sulfonamides is 1. The monoisotopic (exact) mass is 309 g/mol. The molecule has 0 aliphatic rings. The Kier molecular flexibility index (Phi) is 4.76. The van der Waals surface area contributed by atoms with E-state index >= 15 is 0 Å². The molecule has 1 aromatic heterocycles. The number of rotatable bonds is 6. The van der Waals surface area contributed by atoms with Gasteiger partial charge in [0.25, 0.3) is 0 Å². The number of hydrogen-bond donors (Lipinski definition) is 2. The van der Waals surface area contributed by atoms with E-state index in [4.69, 9.17) is 4.42 Å². The Morgan fingerprint density at radius 2 is 1.81 bits per heavy atom. The van der Waals surface area contributed by atoms with E-state index in [0.29, 0.717) is 18.2 Å². The van der Waals surface area contributed by atoms with Crippen molar-refractivity contribution in [2.24, 2.45) is 0 Å². The molecule has 0 aliphatic carbocycles. The van der Waals surface area contributed by atoms with E-state index in [0.717, 1.165) is 11.3 Å². The van der Waals surface area contributed by atoms with Crippen LogP contribution in [0.2, 0.25) is 0 Å². The van der Waals surface area contributed by atoms with Gasteiger partial charge in [-0.05, 0) is 38.6 Å². The van der Waals surface area contributed by atoms with Gasteiger partial charge in [0.05, 0.1) is 17.1 Å². The van der Waals surface area contributed by atoms with Crippen LogP contribution in [0.5, 0.6) is 0 Å². The van der Waals surface area contributed by atoms with Gasteiger partial charge in [-0.1, -0.05) is 12.1 Å². The van der Waals surface area contributed by atoms with Crippen LogP contribution in [-0.4, -0.2) is 20.4 Å². The first-order valence-corrected chi connectivity index (χ1v) is 8.07. The molecule has 114 valence electrons. The van der Waals surface area contributed by atoms with Gasteiger partial charge >= 0.3 is 0 Å². The normalized spacial score (nSPS) is 11.8. The molecule has 0 radical (unpaired) electrons. The van der Waals surface area contributed by atoms with Crippen LogP contribution in [0.25, 0.3) is 0 Å². The average Bonchev–Trinajstić information content (AvgIpc) is 2.77. The Morgan fingerprint density at radius 1 is 1.14 bits per heavy atom. The number of aryl methyl sites for hydroxylation is 2. The SMILES string of the molecule is CNCc1ccc(S(=O)(=O)NCc2nc(C)c(C)o2)cc1. The van der Waals surface area contributed by atoms with Crippen molar-refractivity contribution in [3.8, 4) is 0 Å². The molecule has 0 amide bonds. The summed E-state index contributed by atoms with van der Waals surface area (Å²) in [6.07, 6.45) is 0. The predicted molar refractivity (Wildman–Crippen MR) is 79.2 cm³/mol. The molecule has 21 heavy (non-hydrogen) atoms. The molecule has 0 aliphatic heterocycles. The highest BCUT2D eigenvalue weighted by atomic mass is 32.2. The van der Waals surface area contributed by atoms with E-state index in [2.05, 4.69) is 15.0 Å². The first-order chi connectivity index (χ1) is 9.92. The highest BCUT2D eigenvalue weighted by molar-refractivity contribution is 7.89. The van der Waals surface area contributed by atoms with Crippen molar-refractivity contribution in [1.82, 2.24) is 15.0 Å². The molecule has 0 unspecified atom stereocenters. The Morgan fingerprint density at radius 3 is 2.33 bits per heavy atom. The third-order valence-electron chi connectivity index (χ3n) is 3.10. The second-order valence-electron chi connectivity index (χ2n) is 4.75. The lowest BCUT2D eigenvalue weighted by Crippen LogP contribution is -2.23. The van der Waals surface area contributed by atoms with Gasteiger partial charge in [0, 0.05) is 6.54 Å². The van der Waals surface area contributed by atoms with Gasteiger partial charge < -0.3 is 9.73 Å². The quantitative estimate of drug-likeness (QED) is 0.844. The first kappa shape index (κ1) is 15.7. The molecule has 7 heteroatoms. The maximum Gasteiger partial charge on any atom is 0.241 e. The number of nitrogens with zero attached hydrogens (tertiary/aromatic N) is 1. The molecule has 2 aromatic rings. The third-order valence-corrected chi connectivity index (χ3v) is 4.52. The van der Waals surface area contributed by atoms with Crippen molar-refractivity contribution in [1.29, 1.82) is 0 Å². The van der Waals surface area contributed by atoms with Crippen LogP contribution >= 0.6 is 0 Å². The molecule has 1 heterocycles. The summed E-state index contributed by atoms with van der Waals surface area (Å²) in [5.74, 6) is 1.06. The summed E-state index contributed by atoms with van der Waals surface area (Å²) >= 11 is 0. The minimum absolute atomic E-state index is 0.0370. The number of nitrogens with one attached hydrogen (secondary N) is 2. The molecular weight excluding hydrogens is 290 g/mol. The van der Waals surface area contributed by atoms with Gasteiger partial charge in [-0.15, -0.1) is 0 Å². The highest BCUT2D eigenvalue weighted by Gasteiger charge is 2.15. The van der Waals surface area contributed by atoms with E-state index in [-0.39, 0.29) is 11.4 Å². The van der Waals surface area contributed by atoms with Crippen LogP contribution in [0.3, 0.4) is 0 Å². The molecule has 1 aromatic carbocycles. The van der Waals surface area contributed by atoms with Gasteiger partial charge in [-0.2, -0.15) is 0 Å². The number of aromatic nitrogens is 1. The lowest BCUT2D eigenvalue weighted by Gasteiger charge is -2.06. The number of benzene rings is 1. The molecular formula is C14H19N3O3S. The molecule has 0 fully saturated rings. The molecule has 2 N–H and O–H groups in total. The zero-order valence-corrected chi connectivity index (χ0v) is 13.1. The number of hydrogen-bond acceptors (Lipinski definition) is 5. The molecule has 6 nitrogen and oxygen atoms in total. The zero-order valence-electron chi connectivity index (χ0n) is 12.3. The maximum absolute atomic E-state index is 12.2. The van der Waals surface area contributed by atoms with Gasteiger partial charge in [0.2, 0.25) is 15.9 Å². The average molecular weight is 309 g/mol. The summed E-state index contributed by atoms with van der Waals surface area (Å²) < 4.78 is 32.2. The lowest BCUT2D eigenvalue weighted by atomic mass is 10.2. The molecule has 0 spiro atoms. The minimum Gasteiger partial charge on any atom is -0.444 e. The molecule has 2 rings (SSSR count). The van der Waals surface area contributed by atoms with Crippen molar-refractivity contribution >= 4 is 10.0 Å². The van der Waals surface area contributed by atoms with Crippen LogP contribution in [0, 0.1) is 13.8 Å². The Balaban J connectivity index is 2.07. The first-order valence-electron chi connectivity index (χ1n) is 6.58. The predicted octanol–water partition coefficient (Wildman–Crippen LogP) is 1.49. The van der Waals surface area contributed by atoms with Crippen molar-refractivity contribution in [3.05, 3.63) is 47.2 Å². The maximum atomic E-state index is 12.2. The van der Waals surface area contributed by atoms with Crippen LogP contribution in [0.4, 0.5) is 0 Å². The fraction of sp³-hybridized carbons (Fsp3) is 0.357. The lowest BCUT2D eigenvalue weighted by molar-refractivity contribution is 0.463. The Bertz CT molecular complexity index is 686. The topological polar surface area (TPSA) is 84.2 Å². The fourth-order valence-electron chi connectivity index (χ4n) is 1.85. The van der Waals surface area contributed by atoms with Crippen molar-refractivity contribution in [2.75, 3.05) is 7.05 Å². The summed E-state index contributed by atoms with van der Waals surface area (Å²) in [6.45, 7) is 4.34. The largest absolute Gasteiger partial charge is 0.444 e. The highest BCUT2D eigenvalue weighted by Crippen LogP contribution is 2.12. The fourth-order valence-corrected chi connectivity index (χ4v) is 2.82. The zero-order chi connectivity index (χ0) is 15.5. The Hall–Kier alpha value is -1.70. The summed E-state index contributed by atoms with van der Waals surface area (Å²) in [6, 6.07) is 6.73. The van der Waals surface area contributed by atoms with Crippen LogP contribution in [0.1, 0.15) is 22.9 Å². The summed E-state index contributed by atoms with van der Waals surface area (Å²) in [5, 5.41) is 3.01. The number of oxazole rings is 1. The molecule has 0 saturated carbocycles. The van der Waals surface area contributed by atoms with E-state index in [1.807, 2.05) is 14.0 Å². The van der Waals surface area contributed by atoms with Gasteiger partial charge in [-0.3, -0.25) is 0 Å². The van der Waals surface area contributed by atoms with E-state index < -0.39 is 10.0 Å².